The lowest BCUT2D eigenvalue weighted by atomic mass is 10.0. The van der Waals surface area contributed by atoms with E-state index in [0.29, 0.717) is 5.95 Å². The van der Waals surface area contributed by atoms with Crippen LogP contribution in [0.15, 0.2) is 174 Å². The van der Waals surface area contributed by atoms with Crippen LogP contribution in [0, 0.1) is 0 Å². The van der Waals surface area contributed by atoms with Crippen molar-refractivity contribution in [3.05, 3.63) is 170 Å². The molecule has 5 heteroatoms. The molecular weight excluding hydrogens is 649 g/mol. The van der Waals surface area contributed by atoms with Gasteiger partial charge in [-0.05, 0) is 47.2 Å². The number of furan rings is 1. The monoisotopic (exact) mass is 676 g/mol. The lowest BCUT2D eigenvalue weighted by molar-refractivity contribution is 0.671. The van der Waals surface area contributed by atoms with Crippen molar-refractivity contribution in [3.63, 3.8) is 0 Å². The van der Waals surface area contributed by atoms with Crippen molar-refractivity contribution in [3.8, 4) is 22.9 Å². The minimum Gasteiger partial charge on any atom is -0.454 e. The maximum atomic E-state index is 6.74. The van der Waals surface area contributed by atoms with Crippen molar-refractivity contribution in [2.45, 2.75) is 0 Å². The van der Waals surface area contributed by atoms with E-state index in [2.05, 4.69) is 173 Å². The van der Waals surface area contributed by atoms with Gasteiger partial charge in [-0.1, -0.05) is 133 Å². The number of rotatable bonds is 3. The molecule has 0 aliphatic carbocycles. The second-order valence-corrected chi connectivity index (χ2v) is 13.7. The van der Waals surface area contributed by atoms with Crippen molar-refractivity contribution in [1.29, 1.82) is 0 Å². The van der Waals surface area contributed by atoms with Crippen LogP contribution in [0.1, 0.15) is 0 Å². The van der Waals surface area contributed by atoms with Crippen molar-refractivity contribution in [2.75, 3.05) is 0 Å². The van der Waals surface area contributed by atoms with E-state index in [1.807, 2.05) is 6.07 Å². The molecule has 246 valence electrons. The molecule has 0 atom stereocenters. The third kappa shape index (κ3) is 3.91. The Labute approximate surface area is 302 Å². The summed E-state index contributed by atoms with van der Waals surface area (Å²) in [5.41, 5.74) is 9.89. The van der Waals surface area contributed by atoms with Crippen molar-refractivity contribution in [2.24, 2.45) is 0 Å². The molecule has 8 aromatic carbocycles. The number of hydrogen-bond donors (Lipinski definition) is 0. The molecule has 0 aliphatic heterocycles. The third-order valence-corrected chi connectivity index (χ3v) is 10.9. The van der Waals surface area contributed by atoms with Gasteiger partial charge in [0.2, 0.25) is 5.95 Å². The Morgan fingerprint density at radius 3 is 1.87 bits per heavy atom. The third-order valence-electron chi connectivity index (χ3n) is 10.9. The SMILES string of the molecule is c1ccc(-c2nc(-n3c4ccccc4c4ccc5c6ccc7c8ccccc8oc7c6n(-c6ccccc6)c5c43)nc3ccc4ccccc4c23)cc1. The first-order valence-electron chi connectivity index (χ1n) is 17.9. The second-order valence-electron chi connectivity index (χ2n) is 13.7. The Balaban J connectivity index is 1.30. The first-order chi connectivity index (χ1) is 26.3. The van der Waals surface area contributed by atoms with E-state index in [-0.39, 0.29) is 0 Å². The molecule has 0 bridgehead atoms. The average molecular weight is 677 g/mol. The van der Waals surface area contributed by atoms with Crippen molar-refractivity contribution < 1.29 is 4.42 Å². The molecule has 0 saturated carbocycles. The van der Waals surface area contributed by atoms with Gasteiger partial charge in [0.15, 0.2) is 5.58 Å². The Bertz CT molecular complexity index is 3450. The van der Waals surface area contributed by atoms with Crippen LogP contribution in [0.2, 0.25) is 0 Å². The van der Waals surface area contributed by atoms with Gasteiger partial charge in [-0.15, -0.1) is 0 Å². The summed E-state index contributed by atoms with van der Waals surface area (Å²) in [4.78, 5) is 11.0. The van der Waals surface area contributed by atoms with E-state index in [4.69, 9.17) is 14.4 Å². The molecule has 5 nitrogen and oxygen atoms in total. The van der Waals surface area contributed by atoms with Gasteiger partial charge in [0, 0.05) is 49.0 Å². The fraction of sp³-hybridized carbons (Fsp3) is 0. The molecule has 4 aromatic heterocycles. The van der Waals surface area contributed by atoms with E-state index in [1.165, 1.54) is 0 Å². The Morgan fingerprint density at radius 2 is 1.04 bits per heavy atom. The first-order valence-corrected chi connectivity index (χ1v) is 17.9. The lowest BCUT2D eigenvalue weighted by Gasteiger charge is -2.15. The molecule has 0 radical (unpaired) electrons. The molecule has 0 amide bonds. The number of para-hydroxylation sites is 3. The highest BCUT2D eigenvalue weighted by atomic mass is 16.3. The molecule has 0 N–H and O–H groups in total. The van der Waals surface area contributed by atoms with Crippen LogP contribution in [0.4, 0.5) is 0 Å². The second kappa shape index (κ2) is 10.6. The fourth-order valence-corrected chi connectivity index (χ4v) is 8.65. The normalized spacial score (nSPS) is 12.2. The smallest absolute Gasteiger partial charge is 0.235 e. The summed E-state index contributed by atoms with van der Waals surface area (Å²) in [6.45, 7) is 0. The number of nitrogens with zero attached hydrogens (tertiary/aromatic N) is 4. The molecule has 53 heavy (non-hydrogen) atoms. The highest BCUT2D eigenvalue weighted by Crippen LogP contribution is 2.45. The highest BCUT2D eigenvalue weighted by molar-refractivity contribution is 6.28. The molecule has 0 saturated heterocycles. The summed E-state index contributed by atoms with van der Waals surface area (Å²) >= 11 is 0. The predicted molar refractivity (Wildman–Crippen MR) is 218 cm³/mol. The topological polar surface area (TPSA) is 48.8 Å². The van der Waals surface area contributed by atoms with Gasteiger partial charge >= 0.3 is 0 Å². The van der Waals surface area contributed by atoms with Crippen LogP contribution in [-0.4, -0.2) is 19.1 Å². The summed E-state index contributed by atoms with van der Waals surface area (Å²) in [5.74, 6) is 0.629. The average Bonchev–Trinajstić information content (AvgIpc) is 3.89. The number of hydrogen-bond acceptors (Lipinski definition) is 3. The van der Waals surface area contributed by atoms with E-state index in [9.17, 15) is 0 Å². The molecule has 0 aliphatic rings. The number of aromatic nitrogens is 4. The zero-order chi connectivity index (χ0) is 34.6. The Kier molecular flexibility index (Phi) is 5.71. The zero-order valence-corrected chi connectivity index (χ0v) is 28.4. The maximum absolute atomic E-state index is 6.74. The van der Waals surface area contributed by atoms with Crippen molar-refractivity contribution in [1.82, 2.24) is 19.1 Å². The molecule has 12 aromatic rings. The van der Waals surface area contributed by atoms with Gasteiger partial charge in [-0.3, -0.25) is 4.57 Å². The summed E-state index contributed by atoms with van der Waals surface area (Å²) < 4.78 is 11.4. The van der Waals surface area contributed by atoms with E-state index >= 15 is 0 Å². The minimum absolute atomic E-state index is 0.629. The predicted octanol–water partition coefficient (Wildman–Crippen LogP) is 12.5. The molecular formula is C48H28N4O. The van der Waals surface area contributed by atoms with Crippen molar-refractivity contribution >= 4 is 87.2 Å². The van der Waals surface area contributed by atoms with E-state index < -0.39 is 0 Å². The van der Waals surface area contributed by atoms with Gasteiger partial charge in [0.1, 0.15) is 5.58 Å². The van der Waals surface area contributed by atoms with E-state index in [1.54, 1.807) is 0 Å². The number of fused-ring (bicyclic) bond motifs is 14. The fourth-order valence-electron chi connectivity index (χ4n) is 8.65. The van der Waals surface area contributed by atoms with Crippen LogP contribution in [0.5, 0.6) is 0 Å². The van der Waals surface area contributed by atoms with Gasteiger partial charge < -0.3 is 8.98 Å². The molecule has 12 rings (SSSR count). The van der Waals surface area contributed by atoms with Gasteiger partial charge in [0.25, 0.3) is 0 Å². The summed E-state index contributed by atoms with van der Waals surface area (Å²) in [6, 6.07) is 59.8. The van der Waals surface area contributed by atoms with Gasteiger partial charge in [-0.25, -0.2) is 9.97 Å². The first kappa shape index (κ1) is 28.5. The maximum Gasteiger partial charge on any atom is 0.235 e. The van der Waals surface area contributed by atoms with Crippen LogP contribution < -0.4 is 0 Å². The van der Waals surface area contributed by atoms with Crippen LogP contribution in [0.3, 0.4) is 0 Å². The van der Waals surface area contributed by atoms with Crippen LogP contribution in [0.25, 0.3) is 110 Å². The number of benzene rings is 8. The zero-order valence-electron chi connectivity index (χ0n) is 28.4. The Morgan fingerprint density at radius 1 is 0.415 bits per heavy atom. The quantitative estimate of drug-likeness (QED) is 0.175. The van der Waals surface area contributed by atoms with Gasteiger partial charge in [-0.2, -0.15) is 0 Å². The molecule has 0 unspecified atom stereocenters. The summed E-state index contributed by atoms with van der Waals surface area (Å²) in [7, 11) is 0. The highest BCUT2D eigenvalue weighted by Gasteiger charge is 2.25. The van der Waals surface area contributed by atoms with Crippen LogP contribution >= 0.6 is 0 Å². The Hall–Kier alpha value is -7.24. The molecule has 0 fully saturated rings. The molecule has 0 spiro atoms. The minimum atomic E-state index is 0.629. The molecule has 4 heterocycles. The standard InChI is InChI=1S/C48H28N4O/c1-3-14-30(15-4-1)43-42-32-18-8-7-13-29(32)23-28-39(42)49-48(50-43)52-40-21-11-9-19-33(40)35-24-25-36-37-26-27-38-34-20-10-12-22-41(34)53-47(38)46(37)51(44(36)45(35)52)31-16-5-2-6-17-31/h1-28H. The van der Waals surface area contributed by atoms with E-state index in [0.717, 1.165) is 104 Å². The summed E-state index contributed by atoms with van der Waals surface area (Å²) in [6.07, 6.45) is 0. The lowest BCUT2D eigenvalue weighted by Crippen LogP contribution is -2.05. The van der Waals surface area contributed by atoms with Gasteiger partial charge in [0.05, 0.1) is 33.3 Å². The van der Waals surface area contributed by atoms with Crippen LogP contribution in [-0.2, 0) is 0 Å². The summed E-state index contributed by atoms with van der Waals surface area (Å²) in [5, 5.41) is 10.1. The largest absolute Gasteiger partial charge is 0.454 e.